The van der Waals surface area contributed by atoms with E-state index in [0.29, 0.717) is 11.1 Å². The number of nitrogens with zero attached hydrogens (tertiary/aromatic N) is 1. The van der Waals surface area contributed by atoms with E-state index < -0.39 is 60.8 Å². The minimum Gasteiger partial charge on any atom is -0.490 e. The third-order valence-electron chi connectivity index (χ3n) is 6.76. The Balaban J connectivity index is 1.53. The summed E-state index contributed by atoms with van der Waals surface area (Å²) in [5, 5.41) is 33.5. The molecule has 9 nitrogen and oxygen atoms in total. The van der Waals surface area contributed by atoms with Crippen molar-refractivity contribution < 1.29 is 47.1 Å². The lowest BCUT2D eigenvalue weighted by molar-refractivity contribution is -0.172. The van der Waals surface area contributed by atoms with Gasteiger partial charge in [-0.25, -0.2) is 8.78 Å². The van der Waals surface area contributed by atoms with Crippen LogP contribution < -0.4 is 10.1 Å². The Morgan fingerprint density at radius 1 is 1.18 bits per heavy atom. The lowest BCUT2D eigenvalue weighted by atomic mass is 9.82. The molecule has 1 aliphatic heterocycles. The summed E-state index contributed by atoms with van der Waals surface area (Å²) in [6, 6.07) is 9.29. The number of amides is 1. The number of ether oxygens (including phenoxy) is 4. The van der Waals surface area contributed by atoms with E-state index in [1.165, 1.54) is 6.92 Å². The smallest absolute Gasteiger partial charge is 0.247 e. The van der Waals surface area contributed by atoms with Crippen LogP contribution in [-0.4, -0.2) is 72.8 Å². The summed E-state index contributed by atoms with van der Waals surface area (Å²) in [6.45, 7) is 0.356. The molecule has 2 aliphatic rings. The van der Waals surface area contributed by atoms with Gasteiger partial charge in [0.2, 0.25) is 5.91 Å². The standard InChI is InChI=1S/C28H29F3N2O7/c1-15(9-18-10-20(31)21(11-19(18)30)37-8-4-7-29)28(36)33-22-23(34)24(35)26-27(40-14-39-26)25(22)38-13-17-6-3-2-5-16(17)12-32/h2-3,5-6,9-11,22-27,34-35H,4,7-8,13-14H2,1H3,(H,33,36)/b15-9+/t22-,23+,24-,25-,26-,27+/m1/s1. The van der Waals surface area contributed by atoms with Crippen molar-refractivity contribution in [1.29, 1.82) is 5.26 Å². The highest BCUT2D eigenvalue weighted by atomic mass is 19.1. The van der Waals surface area contributed by atoms with Crippen molar-refractivity contribution in [2.24, 2.45) is 0 Å². The van der Waals surface area contributed by atoms with Crippen LogP contribution in [-0.2, 0) is 25.6 Å². The second kappa shape index (κ2) is 13.3. The fourth-order valence-electron chi connectivity index (χ4n) is 4.64. The van der Waals surface area contributed by atoms with Gasteiger partial charge in [-0.3, -0.25) is 9.18 Å². The number of fused-ring (bicyclic) bond motifs is 1. The fourth-order valence-corrected chi connectivity index (χ4v) is 4.64. The van der Waals surface area contributed by atoms with Gasteiger partial charge in [-0.2, -0.15) is 5.26 Å². The van der Waals surface area contributed by atoms with Gasteiger partial charge in [0.15, 0.2) is 11.6 Å². The Kier molecular flexibility index (Phi) is 9.78. The van der Waals surface area contributed by atoms with Gasteiger partial charge in [-0.05, 0) is 30.7 Å². The molecule has 2 fully saturated rings. The van der Waals surface area contributed by atoms with E-state index in [9.17, 15) is 33.4 Å². The Hall–Kier alpha value is -3.47. The normalized spacial score (nSPS) is 26.2. The predicted octanol–water partition coefficient (Wildman–Crippen LogP) is 2.53. The molecule has 0 spiro atoms. The molecule has 6 atom stereocenters. The van der Waals surface area contributed by atoms with Crippen LogP contribution in [0.15, 0.2) is 42.0 Å². The van der Waals surface area contributed by atoms with Gasteiger partial charge in [0.05, 0.1) is 37.6 Å². The average Bonchev–Trinajstić information content (AvgIpc) is 3.44. The summed E-state index contributed by atoms with van der Waals surface area (Å²) < 4.78 is 63.4. The number of carbonyl (C=O) groups excluding carboxylic acids is 1. The van der Waals surface area contributed by atoms with Gasteiger partial charge in [0.1, 0.15) is 43.1 Å². The lowest BCUT2D eigenvalue weighted by Gasteiger charge is -2.43. The maximum absolute atomic E-state index is 14.6. The number of nitrogens with one attached hydrogen (secondary N) is 1. The number of carbonyl (C=O) groups is 1. The van der Waals surface area contributed by atoms with E-state index in [0.717, 1.165) is 18.2 Å². The first-order chi connectivity index (χ1) is 19.2. The molecule has 1 saturated carbocycles. The van der Waals surface area contributed by atoms with Crippen LogP contribution in [0.1, 0.15) is 30.0 Å². The number of nitriles is 1. The molecule has 1 saturated heterocycles. The van der Waals surface area contributed by atoms with Gasteiger partial charge in [-0.15, -0.1) is 0 Å². The Bertz CT molecular complexity index is 1290. The van der Waals surface area contributed by atoms with E-state index >= 15 is 0 Å². The average molecular weight is 563 g/mol. The van der Waals surface area contributed by atoms with E-state index in [1.54, 1.807) is 24.3 Å². The summed E-state index contributed by atoms with van der Waals surface area (Å²) in [6.07, 6.45) is -4.56. The molecule has 1 aliphatic carbocycles. The first-order valence-corrected chi connectivity index (χ1v) is 12.6. The number of rotatable bonds is 10. The highest BCUT2D eigenvalue weighted by Crippen LogP contribution is 2.33. The number of halogens is 3. The highest BCUT2D eigenvalue weighted by molar-refractivity contribution is 5.97. The summed E-state index contributed by atoms with van der Waals surface area (Å²) in [7, 11) is 0. The molecule has 1 heterocycles. The predicted molar refractivity (Wildman–Crippen MR) is 134 cm³/mol. The number of benzene rings is 2. The number of hydrogen-bond donors (Lipinski definition) is 3. The second-order valence-electron chi connectivity index (χ2n) is 9.43. The van der Waals surface area contributed by atoms with Crippen molar-refractivity contribution in [2.75, 3.05) is 20.1 Å². The number of aliphatic hydroxyl groups excluding tert-OH is 2. The Morgan fingerprint density at radius 3 is 2.67 bits per heavy atom. The summed E-state index contributed by atoms with van der Waals surface area (Å²) in [5.74, 6) is -2.88. The number of aliphatic hydroxyl groups is 2. The lowest BCUT2D eigenvalue weighted by Crippen LogP contribution is -2.68. The van der Waals surface area contributed by atoms with Crippen LogP contribution in [0.4, 0.5) is 13.2 Å². The Labute approximate surface area is 228 Å². The number of hydrogen-bond acceptors (Lipinski definition) is 8. The van der Waals surface area contributed by atoms with Crippen molar-refractivity contribution in [1.82, 2.24) is 5.32 Å². The van der Waals surface area contributed by atoms with E-state index in [1.807, 2.05) is 0 Å². The molecule has 4 rings (SSSR count). The van der Waals surface area contributed by atoms with Gasteiger partial charge in [-0.1, -0.05) is 18.2 Å². The number of alkyl halides is 1. The Morgan fingerprint density at radius 2 is 1.93 bits per heavy atom. The van der Waals surface area contributed by atoms with Gasteiger partial charge < -0.3 is 34.5 Å². The first kappa shape index (κ1) is 29.5. The molecule has 0 radical (unpaired) electrons. The van der Waals surface area contributed by atoms with E-state index in [4.69, 9.17) is 18.9 Å². The van der Waals surface area contributed by atoms with Gasteiger partial charge >= 0.3 is 0 Å². The monoisotopic (exact) mass is 562 g/mol. The van der Waals surface area contributed by atoms with Crippen molar-refractivity contribution in [2.45, 2.75) is 56.5 Å². The molecular weight excluding hydrogens is 533 g/mol. The van der Waals surface area contributed by atoms with Crippen LogP contribution in [0.5, 0.6) is 5.75 Å². The molecule has 2 aromatic carbocycles. The molecule has 1 amide bonds. The topological polar surface area (TPSA) is 130 Å². The quantitative estimate of drug-likeness (QED) is 0.298. The fraction of sp³-hybridized carbons (Fsp3) is 0.429. The summed E-state index contributed by atoms with van der Waals surface area (Å²) in [5.41, 5.74) is 0.675. The molecule has 2 aromatic rings. The highest BCUT2D eigenvalue weighted by Gasteiger charge is 2.54. The first-order valence-electron chi connectivity index (χ1n) is 12.6. The van der Waals surface area contributed by atoms with Crippen molar-refractivity contribution in [3.63, 3.8) is 0 Å². The van der Waals surface area contributed by atoms with Crippen LogP contribution in [0.3, 0.4) is 0 Å². The van der Waals surface area contributed by atoms with Gasteiger partial charge in [0, 0.05) is 23.6 Å². The maximum atomic E-state index is 14.6. The third-order valence-corrected chi connectivity index (χ3v) is 6.76. The zero-order valence-electron chi connectivity index (χ0n) is 21.6. The van der Waals surface area contributed by atoms with Crippen molar-refractivity contribution >= 4 is 12.0 Å². The molecule has 0 bridgehead atoms. The van der Waals surface area contributed by atoms with Gasteiger partial charge in [0.25, 0.3) is 0 Å². The second-order valence-corrected chi connectivity index (χ2v) is 9.43. The van der Waals surface area contributed by atoms with Crippen LogP contribution >= 0.6 is 0 Å². The molecule has 0 unspecified atom stereocenters. The largest absolute Gasteiger partial charge is 0.490 e. The maximum Gasteiger partial charge on any atom is 0.247 e. The van der Waals surface area contributed by atoms with E-state index in [2.05, 4.69) is 11.4 Å². The zero-order valence-corrected chi connectivity index (χ0v) is 21.6. The molecule has 3 N–H and O–H groups in total. The van der Waals surface area contributed by atoms with Crippen LogP contribution in [0.2, 0.25) is 0 Å². The minimum absolute atomic E-state index is 0.0258. The minimum atomic E-state index is -1.52. The van der Waals surface area contributed by atoms with Crippen molar-refractivity contribution in [3.8, 4) is 11.8 Å². The molecule has 12 heteroatoms. The third kappa shape index (κ3) is 6.46. The SMILES string of the molecule is C/C(=C\c1cc(F)c(OCCCF)cc1F)C(=O)N[C@@H]1[C@H](O)[C@@H](O)[C@H]2OCO[C@H]2[C@@H]1OCc1ccccc1C#N. The van der Waals surface area contributed by atoms with E-state index in [-0.39, 0.29) is 43.3 Å². The molecular formula is C28H29F3N2O7. The zero-order chi connectivity index (χ0) is 28.8. The summed E-state index contributed by atoms with van der Waals surface area (Å²) in [4.78, 5) is 13.1. The van der Waals surface area contributed by atoms with Crippen molar-refractivity contribution in [3.05, 3.63) is 70.3 Å². The summed E-state index contributed by atoms with van der Waals surface area (Å²) >= 11 is 0. The molecule has 0 aromatic heterocycles. The molecule has 214 valence electrons. The molecule has 40 heavy (non-hydrogen) atoms. The van der Waals surface area contributed by atoms with Crippen LogP contribution in [0.25, 0.3) is 6.08 Å². The van der Waals surface area contributed by atoms with Crippen LogP contribution in [0, 0.1) is 23.0 Å².